The molecule has 0 radical (unpaired) electrons. The lowest BCUT2D eigenvalue weighted by Gasteiger charge is -2.34. The average molecular weight is 500 g/mol. The summed E-state index contributed by atoms with van der Waals surface area (Å²) in [5, 5.41) is 14.5. The van der Waals surface area contributed by atoms with Crippen LogP contribution in [0.3, 0.4) is 0 Å². The summed E-state index contributed by atoms with van der Waals surface area (Å²) in [5.41, 5.74) is 2.61. The second-order valence-corrected chi connectivity index (χ2v) is 9.17. The Hall–Kier alpha value is -4.07. The van der Waals surface area contributed by atoms with Crippen LogP contribution in [0.25, 0.3) is 11.4 Å². The van der Waals surface area contributed by atoms with Gasteiger partial charge in [0.2, 0.25) is 5.95 Å². The van der Waals surface area contributed by atoms with Gasteiger partial charge in [0.05, 0.1) is 30.9 Å². The monoisotopic (exact) mass is 499 g/mol. The van der Waals surface area contributed by atoms with E-state index in [0.717, 1.165) is 30.8 Å². The molecule has 3 aromatic rings. The van der Waals surface area contributed by atoms with Crippen molar-refractivity contribution in [2.45, 2.75) is 31.7 Å². The highest BCUT2D eigenvalue weighted by molar-refractivity contribution is 5.99. The predicted octanol–water partition coefficient (Wildman–Crippen LogP) is 4.17. The number of carbonyl (C=O) groups excluding carboxylic acids is 1. The summed E-state index contributed by atoms with van der Waals surface area (Å²) in [6.07, 6.45) is 1.78. The summed E-state index contributed by atoms with van der Waals surface area (Å²) in [6.45, 7) is 5.54. The van der Waals surface area contributed by atoms with Crippen LogP contribution in [0.5, 0.6) is 0 Å². The zero-order chi connectivity index (χ0) is 25.6. The molecule has 3 heterocycles. The molecule has 190 valence electrons. The van der Waals surface area contributed by atoms with E-state index in [1.807, 2.05) is 24.3 Å². The normalized spacial score (nSPS) is 18.2. The molecule has 1 aromatic heterocycles. The van der Waals surface area contributed by atoms with Gasteiger partial charge >= 0.3 is 6.03 Å². The van der Waals surface area contributed by atoms with Crippen molar-refractivity contribution in [3.63, 3.8) is 0 Å². The summed E-state index contributed by atoms with van der Waals surface area (Å²) >= 11 is 0. The van der Waals surface area contributed by atoms with Crippen molar-refractivity contribution < 1.29 is 14.3 Å². The minimum absolute atomic E-state index is 0.174. The maximum absolute atomic E-state index is 12.4. The largest absolute Gasteiger partial charge is 0.381 e. The summed E-state index contributed by atoms with van der Waals surface area (Å²) in [5.74, 6) is 2.31. The number of benzene rings is 2. The number of hydrogen-bond acceptors (Lipinski definition) is 8. The summed E-state index contributed by atoms with van der Waals surface area (Å²) in [7, 11) is 0. The molecule has 5 rings (SSSR count). The van der Waals surface area contributed by atoms with Crippen LogP contribution in [0.1, 0.15) is 37.1 Å². The third-order valence-corrected chi connectivity index (χ3v) is 6.52. The van der Waals surface area contributed by atoms with Gasteiger partial charge in [0.25, 0.3) is 0 Å². The smallest absolute Gasteiger partial charge is 0.323 e. The minimum atomic E-state index is -0.372. The molecule has 2 fully saturated rings. The number of carbonyl (C=O) groups is 1. The van der Waals surface area contributed by atoms with Crippen LogP contribution in [0.15, 0.2) is 48.5 Å². The van der Waals surface area contributed by atoms with E-state index in [0.29, 0.717) is 55.1 Å². The van der Waals surface area contributed by atoms with Gasteiger partial charge in [-0.1, -0.05) is 0 Å². The molecular weight excluding hydrogens is 470 g/mol. The standard InChI is InChI=1S/C27H29N7O3/c1-18-17-37-15-12-34(18)26-32-24(31-25(33-26)21-10-13-36-14-11-21)20-4-8-23(9-5-20)30-27(35)29-22-6-2-19(16-28)3-7-22/h2-9,18,21H,10-15,17H2,1H3,(H2,29,30,35)/t18-/m1/s1. The number of urea groups is 1. The van der Waals surface area contributed by atoms with Gasteiger partial charge in [-0.2, -0.15) is 15.2 Å². The molecule has 2 aromatic carbocycles. The van der Waals surface area contributed by atoms with Crippen LogP contribution < -0.4 is 15.5 Å². The number of nitriles is 1. The van der Waals surface area contributed by atoms with Crippen molar-refractivity contribution in [2.75, 3.05) is 48.5 Å². The molecule has 0 saturated carbocycles. The summed E-state index contributed by atoms with van der Waals surface area (Å²) in [6, 6.07) is 16.0. The number of nitrogens with zero attached hydrogens (tertiary/aromatic N) is 5. The Bertz CT molecular complexity index is 1270. The third kappa shape index (κ3) is 6.02. The molecule has 2 N–H and O–H groups in total. The molecule has 10 heteroatoms. The summed E-state index contributed by atoms with van der Waals surface area (Å²) < 4.78 is 11.1. The van der Waals surface area contributed by atoms with E-state index in [2.05, 4.69) is 28.5 Å². The van der Waals surface area contributed by atoms with Crippen molar-refractivity contribution in [2.24, 2.45) is 0 Å². The van der Waals surface area contributed by atoms with Crippen molar-refractivity contribution in [3.05, 3.63) is 59.9 Å². The second-order valence-electron chi connectivity index (χ2n) is 9.17. The van der Waals surface area contributed by atoms with E-state index >= 15 is 0 Å². The zero-order valence-electron chi connectivity index (χ0n) is 20.7. The second kappa shape index (κ2) is 11.3. The molecule has 2 amide bonds. The third-order valence-electron chi connectivity index (χ3n) is 6.52. The fraction of sp³-hybridized carbons (Fsp3) is 0.370. The first kappa shape index (κ1) is 24.6. The van der Waals surface area contributed by atoms with Crippen molar-refractivity contribution in [1.29, 1.82) is 5.26 Å². The van der Waals surface area contributed by atoms with E-state index in [1.54, 1.807) is 24.3 Å². The molecule has 0 aliphatic carbocycles. The van der Waals surface area contributed by atoms with E-state index in [-0.39, 0.29) is 18.0 Å². The molecule has 10 nitrogen and oxygen atoms in total. The van der Waals surface area contributed by atoms with Crippen LogP contribution in [0.2, 0.25) is 0 Å². The van der Waals surface area contributed by atoms with Crippen LogP contribution in [-0.2, 0) is 9.47 Å². The number of anilines is 3. The van der Waals surface area contributed by atoms with E-state index in [1.165, 1.54) is 0 Å². The van der Waals surface area contributed by atoms with Gasteiger partial charge in [0.1, 0.15) is 5.82 Å². The quantitative estimate of drug-likeness (QED) is 0.536. The van der Waals surface area contributed by atoms with Crippen molar-refractivity contribution in [3.8, 4) is 17.5 Å². The summed E-state index contributed by atoms with van der Waals surface area (Å²) in [4.78, 5) is 29.1. The van der Waals surface area contributed by atoms with Gasteiger partial charge in [-0.05, 0) is 68.3 Å². The maximum atomic E-state index is 12.4. The number of rotatable bonds is 5. The molecule has 2 saturated heterocycles. The number of ether oxygens (including phenoxy) is 2. The van der Waals surface area contributed by atoms with Crippen LogP contribution in [-0.4, -0.2) is 60.0 Å². The van der Waals surface area contributed by atoms with Crippen molar-refractivity contribution >= 4 is 23.4 Å². The number of aromatic nitrogens is 3. The fourth-order valence-electron chi connectivity index (χ4n) is 4.43. The van der Waals surface area contributed by atoms with Crippen LogP contribution in [0, 0.1) is 11.3 Å². The van der Waals surface area contributed by atoms with Crippen LogP contribution in [0.4, 0.5) is 22.1 Å². The van der Waals surface area contributed by atoms with E-state index in [9.17, 15) is 4.79 Å². The lowest BCUT2D eigenvalue weighted by atomic mass is 9.99. The molecule has 0 unspecified atom stereocenters. The highest BCUT2D eigenvalue weighted by Gasteiger charge is 2.26. The fourth-order valence-corrected chi connectivity index (χ4v) is 4.43. The van der Waals surface area contributed by atoms with Gasteiger partial charge < -0.3 is 25.0 Å². The molecule has 0 spiro atoms. The van der Waals surface area contributed by atoms with Gasteiger partial charge in [-0.25, -0.2) is 9.78 Å². The number of amides is 2. The van der Waals surface area contributed by atoms with Gasteiger partial charge in [-0.3, -0.25) is 0 Å². The number of morpholine rings is 1. The minimum Gasteiger partial charge on any atom is -0.381 e. The lowest BCUT2D eigenvalue weighted by Crippen LogP contribution is -2.44. The van der Waals surface area contributed by atoms with Crippen molar-refractivity contribution in [1.82, 2.24) is 15.0 Å². The first-order valence-corrected chi connectivity index (χ1v) is 12.5. The van der Waals surface area contributed by atoms with Gasteiger partial charge in [0.15, 0.2) is 5.82 Å². The Balaban J connectivity index is 1.34. The molecular formula is C27H29N7O3. The molecule has 2 aliphatic rings. The Morgan fingerprint density at radius 3 is 2.27 bits per heavy atom. The van der Waals surface area contributed by atoms with E-state index in [4.69, 9.17) is 29.7 Å². The van der Waals surface area contributed by atoms with Crippen LogP contribution >= 0.6 is 0 Å². The Morgan fingerprint density at radius 1 is 0.946 bits per heavy atom. The maximum Gasteiger partial charge on any atom is 0.323 e. The Morgan fingerprint density at radius 2 is 1.62 bits per heavy atom. The number of nitrogens with one attached hydrogen (secondary N) is 2. The highest BCUT2D eigenvalue weighted by Crippen LogP contribution is 2.29. The molecule has 0 bridgehead atoms. The first-order valence-electron chi connectivity index (χ1n) is 12.5. The Labute approximate surface area is 215 Å². The van der Waals surface area contributed by atoms with Gasteiger partial charge in [-0.15, -0.1) is 0 Å². The molecule has 37 heavy (non-hydrogen) atoms. The highest BCUT2D eigenvalue weighted by atomic mass is 16.5. The topological polar surface area (TPSA) is 125 Å². The van der Waals surface area contributed by atoms with Gasteiger partial charge in [0, 0.05) is 42.6 Å². The van der Waals surface area contributed by atoms with E-state index < -0.39 is 0 Å². The molecule has 1 atom stereocenters. The predicted molar refractivity (Wildman–Crippen MR) is 139 cm³/mol. The zero-order valence-corrected chi connectivity index (χ0v) is 20.7. The molecule has 2 aliphatic heterocycles. The average Bonchev–Trinajstić information content (AvgIpc) is 2.94. The lowest BCUT2D eigenvalue weighted by molar-refractivity contribution is 0.0834. The Kier molecular flexibility index (Phi) is 7.54. The SMILES string of the molecule is C[C@@H]1COCCN1c1nc(-c2ccc(NC(=O)Nc3ccc(C#N)cc3)cc2)nc(C2CCOCC2)n1. The first-order chi connectivity index (χ1) is 18.1. The number of hydrogen-bond donors (Lipinski definition) is 2.